The number of benzene rings is 3. The standard InChI is InChI=1S/C27H29NO6/c1-27(2,3)34-26(31)28-24(19-9-6-5-7-10-19)20-11-8-12-21(16-20)33-17-18-13-14-22(25(29)30)23(15-18)32-4/h5-16,24H,17H2,1-4H3,(H,28,31)(H,29,30)/t24-/m0/s1. The molecule has 0 heterocycles. The minimum absolute atomic E-state index is 0.0900. The molecule has 0 unspecified atom stereocenters. The summed E-state index contributed by atoms with van der Waals surface area (Å²) in [5.41, 5.74) is 1.96. The summed E-state index contributed by atoms with van der Waals surface area (Å²) in [7, 11) is 1.43. The van der Waals surface area contributed by atoms with Crippen LogP contribution in [0.3, 0.4) is 0 Å². The molecule has 0 saturated carbocycles. The molecule has 34 heavy (non-hydrogen) atoms. The van der Waals surface area contributed by atoms with Crippen LogP contribution in [0, 0.1) is 0 Å². The van der Waals surface area contributed by atoms with Gasteiger partial charge in [-0.3, -0.25) is 0 Å². The van der Waals surface area contributed by atoms with Crippen molar-refractivity contribution in [1.82, 2.24) is 5.32 Å². The van der Waals surface area contributed by atoms with Gasteiger partial charge in [-0.15, -0.1) is 0 Å². The van der Waals surface area contributed by atoms with Crippen LogP contribution in [-0.4, -0.2) is 29.9 Å². The maximum atomic E-state index is 12.5. The van der Waals surface area contributed by atoms with Gasteiger partial charge in [-0.1, -0.05) is 48.5 Å². The molecule has 3 rings (SSSR count). The summed E-state index contributed by atoms with van der Waals surface area (Å²) in [6.07, 6.45) is -0.515. The number of carboxylic acids is 1. The quantitative estimate of drug-likeness (QED) is 0.453. The highest BCUT2D eigenvalue weighted by atomic mass is 16.6. The number of carbonyl (C=O) groups is 2. The number of carbonyl (C=O) groups excluding carboxylic acids is 1. The zero-order chi connectivity index (χ0) is 24.7. The molecule has 1 amide bonds. The predicted octanol–water partition coefficient (Wildman–Crippen LogP) is 5.59. The predicted molar refractivity (Wildman–Crippen MR) is 128 cm³/mol. The topological polar surface area (TPSA) is 94.1 Å². The van der Waals surface area contributed by atoms with Crippen molar-refractivity contribution in [3.05, 3.63) is 95.1 Å². The third-order valence-electron chi connectivity index (χ3n) is 4.89. The molecule has 3 aromatic rings. The van der Waals surface area contributed by atoms with E-state index in [1.807, 2.05) is 75.4 Å². The van der Waals surface area contributed by atoms with Crippen molar-refractivity contribution < 1.29 is 28.9 Å². The van der Waals surface area contributed by atoms with Crippen molar-refractivity contribution in [2.24, 2.45) is 0 Å². The number of rotatable bonds is 8. The SMILES string of the molecule is COc1cc(COc2cccc([C@@H](NC(=O)OC(C)(C)C)c3ccccc3)c2)ccc1C(=O)O. The van der Waals surface area contributed by atoms with Crippen LogP contribution >= 0.6 is 0 Å². The highest BCUT2D eigenvalue weighted by Crippen LogP contribution is 2.27. The molecular weight excluding hydrogens is 434 g/mol. The fraction of sp³-hybridized carbons (Fsp3) is 0.259. The number of hydrogen-bond acceptors (Lipinski definition) is 5. The highest BCUT2D eigenvalue weighted by Gasteiger charge is 2.22. The van der Waals surface area contributed by atoms with Gasteiger partial charge in [0.15, 0.2) is 0 Å². The number of hydrogen-bond donors (Lipinski definition) is 2. The van der Waals surface area contributed by atoms with Crippen molar-refractivity contribution in [3.63, 3.8) is 0 Å². The molecule has 1 atom stereocenters. The van der Waals surface area contributed by atoms with E-state index in [-0.39, 0.29) is 17.9 Å². The summed E-state index contributed by atoms with van der Waals surface area (Å²) in [5, 5.41) is 12.2. The van der Waals surface area contributed by atoms with E-state index in [1.54, 1.807) is 12.1 Å². The lowest BCUT2D eigenvalue weighted by atomic mass is 9.98. The molecule has 0 radical (unpaired) electrons. The number of alkyl carbamates (subject to hydrolysis) is 1. The Hall–Kier alpha value is -4.00. The molecule has 178 valence electrons. The maximum Gasteiger partial charge on any atom is 0.408 e. The van der Waals surface area contributed by atoms with Gasteiger partial charge in [0.1, 0.15) is 29.3 Å². The van der Waals surface area contributed by atoms with Gasteiger partial charge in [0.05, 0.1) is 13.2 Å². The van der Waals surface area contributed by atoms with Crippen molar-refractivity contribution in [3.8, 4) is 11.5 Å². The minimum atomic E-state index is -1.05. The van der Waals surface area contributed by atoms with E-state index in [2.05, 4.69) is 5.32 Å². The van der Waals surface area contributed by atoms with Gasteiger partial charge in [-0.2, -0.15) is 0 Å². The molecule has 0 aliphatic heterocycles. The summed E-state index contributed by atoms with van der Waals surface area (Å²) in [5.74, 6) is -0.180. The number of amides is 1. The fourth-order valence-corrected chi connectivity index (χ4v) is 3.38. The van der Waals surface area contributed by atoms with E-state index < -0.39 is 23.7 Å². The van der Waals surface area contributed by atoms with Crippen LogP contribution in [0.2, 0.25) is 0 Å². The molecule has 0 spiro atoms. The molecule has 0 saturated heterocycles. The lowest BCUT2D eigenvalue weighted by Crippen LogP contribution is -2.35. The molecular formula is C27H29NO6. The van der Waals surface area contributed by atoms with Crippen LogP contribution < -0.4 is 14.8 Å². The molecule has 7 nitrogen and oxygen atoms in total. The van der Waals surface area contributed by atoms with Crippen LogP contribution in [0.15, 0.2) is 72.8 Å². The average molecular weight is 464 g/mol. The summed E-state index contributed by atoms with van der Waals surface area (Å²) in [6, 6.07) is 21.4. The Balaban J connectivity index is 1.80. The van der Waals surface area contributed by atoms with Crippen molar-refractivity contribution in [1.29, 1.82) is 0 Å². The van der Waals surface area contributed by atoms with Crippen LogP contribution in [-0.2, 0) is 11.3 Å². The van der Waals surface area contributed by atoms with E-state index in [1.165, 1.54) is 13.2 Å². The highest BCUT2D eigenvalue weighted by molar-refractivity contribution is 5.91. The van der Waals surface area contributed by atoms with Crippen LogP contribution in [0.4, 0.5) is 4.79 Å². The zero-order valence-electron chi connectivity index (χ0n) is 19.7. The number of nitrogens with one attached hydrogen (secondary N) is 1. The van der Waals surface area contributed by atoms with Gasteiger partial charge < -0.3 is 24.6 Å². The van der Waals surface area contributed by atoms with Crippen LogP contribution in [0.5, 0.6) is 11.5 Å². The normalized spacial score (nSPS) is 11.9. The van der Waals surface area contributed by atoms with Gasteiger partial charge >= 0.3 is 12.1 Å². The third-order valence-corrected chi connectivity index (χ3v) is 4.89. The van der Waals surface area contributed by atoms with Crippen molar-refractivity contribution in [2.75, 3.05) is 7.11 Å². The summed E-state index contributed by atoms with van der Waals surface area (Å²) in [6.45, 7) is 5.67. The number of carboxylic acid groups (broad SMARTS) is 1. The van der Waals surface area contributed by atoms with Gasteiger partial charge in [0, 0.05) is 0 Å². The van der Waals surface area contributed by atoms with Crippen molar-refractivity contribution >= 4 is 12.1 Å². The third kappa shape index (κ3) is 6.75. The Morgan fingerprint density at radius 2 is 1.65 bits per heavy atom. The first kappa shape index (κ1) is 24.6. The second-order valence-corrected chi connectivity index (χ2v) is 8.69. The summed E-state index contributed by atoms with van der Waals surface area (Å²) < 4.78 is 16.6. The van der Waals surface area contributed by atoms with Crippen LogP contribution in [0.1, 0.15) is 53.9 Å². The van der Waals surface area contributed by atoms with Gasteiger partial charge in [0.25, 0.3) is 0 Å². The molecule has 0 fully saturated rings. The molecule has 2 N–H and O–H groups in total. The Labute approximate surface area is 199 Å². The number of aromatic carboxylic acids is 1. The van der Waals surface area contributed by atoms with Gasteiger partial charge in [0.2, 0.25) is 0 Å². The molecule has 3 aromatic carbocycles. The fourth-order valence-electron chi connectivity index (χ4n) is 3.38. The van der Waals surface area contributed by atoms with E-state index in [9.17, 15) is 14.7 Å². The Kier molecular flexibility index (Phi) is 7.79. The Morgan fingerprint density at radius 1 is 0.941 bits per heavy atom. The Bertz CT molecular complexity index is 1140. The van der Waals surface area contributed by atoms with E-state index >= 15 is 0 Å². The number of ether oxygens (including phenoxy) is 3. The first-order valence-electron chi connectivity index (χ1n) is 10.8. The Morgan fingerprint density at radius 3 is 2.29 bits per heavy atom. The number of methoxy groups -OCH3 is 1. The largest absolute Gasteiger partial charge is 0.496 e. The van der Waals surface area contributed by atoms with Gasteiger partial charge in [-0.05, 0) is 61.7 Å². The minimum Gasteiger partial charge on any atom is -0.496 e. The van der Waals surface area contributed by atoms with Crippen LogP contribution in [0.25, 0.3) is 0 Å². The van der Waals surface area contributed by atoms with Gasteiger partial charge in [-0.25, -0.2) is 9.59 Å². The monoisotopic (exact) mass is 463 g/mol. The van der Waals surface area contributed by atoms with Crippen molar-refractivity contribution in [2.45, 2.75) is 39.0 Å². The second-order valence-electron chi connectivity index (χ2n) is 8.69. The molecule has 0 bridgehead atoms. The molecule has 0 aromatic heterocycles. The smallest absolute Gasteiger partial charge is 0.408 e. The lowest BCUT2D eigenvalue weighted by Gasteiger charge is -2.24. The zero-order valence-corrected chi connectivity index (χ0v) is 19.7. The first-order valence-corrected chi connectivity index (χ1v) is 10.8. The van der Waals surface area contributed by atoms with E-state index in [0.29, 0.717) is 5.75 Å². The molecule has 0 aliphatic carbocycles. The van der Waals surface area contributed by atoms with E-state index in [0.717, 1.165) is 16.7 Å². The second kappa shape index (κ2) is 10.7. The summed E-state index contributed by atoms with van der Waals surface area (Å²) in [4.78, 5) is 23.8. The molecule has 7 heteroatoms. The lowest BCUT2D eigenvalue weighted by molar-refractivity contribution is 0.0511. The maximum absolute atomic E-state index is 12.5. The van der Waals surface area contributed by atoms with E-state index in [4.69, 9.17) is 14.2 Å². The first-order chi connectivity index (χ1) is 16.2. The molecule has 0 aliphatic rings. The average Bonchev–Trinajstić information content (AvgIpc) is 2.80. The summed E-state index contributed by atoms with van der Waals surface area (Å²) >= 11 is 0.